The standard InChI is InChI=1S/C30H41NO2/c32-30(19-31-16-4-1-5-17-31)33-20-21-8-9-23-11-13-27-26-12-10-22-6-2-3-7-24(22)25(26)14-15-28(27)29(23)18-21/h3,7,14-15,21-23,26-27H,1-2,4-6,8-13,16-20H2. The molecule has 0 aromatic heterocycles. The zero-order valence-electron chi connectivity index (χ0n) is 20.3. The van der Waals surface area contributed by atoms with Gasteiger partial charge in [0.05, 0.1) is 13.2 Å². The fourth-order valence-corrected chi connectivity index (χ4v) is 7.98. The van der Waals surface area contributed by atoms with Gasteiger partial charge in [0.25, 0.3) is 0 Å². The molecule has 5 atom stereocenters. The Bertz CT molecular complexity index is 887. The van der Waals surface area contributed by atoms with Crippen LogP contribution in [0.4, 0.5) is 0 Å². The number of fused-ring (bicyclic) bond motifs is 5. The highest BCUT2D eigenvalue weighted by atomic mass is 16.5. The Morgan fingerprint density at radius 3 is 2.45 bits per heavy atom. The summed E-state index contributed by atoms with van der Waals surface area (Å²) in [4.78, 5) is 14.7. The number of allylic oxidation sites excluding steroid dienone is 8. The van der Waals surface area contributed by atoms with Crippen LogP contribution in [0.15, 0.2) is 46.6 Å². The highest BCUT2D eigenvalue weighted by Gasteiger charge is 2.41. The largest absolute Gasteiger partial charge is 0.464 e. The fraction of sp³-hybridized carbons (Fsp3) is 0.700. The summed E-state index contributed by atoms with van der Waals surface area (Å²) in [5.74, 6) is 3.58. The van der Waals surface area contributed by atoms with Gasteiger partial charge in [0.1, 0.15) is 0 Å². The average Bonchev–Trinajstić information content (AvgIpc) is 2.87. The van der Waals surface area contributed by atoms with Gasteiger partial charge in [-0.05, 0) is 130 Å². The van der Waals surface area contributed by atoms with E-state index >= 15 is 0 Å². The van der Waals surface area contributed by atoms with Gasteiger partial charge in [-0.3, -0.25) is 9.69 Å². The Hall–Kier alpha value is -1.61. The minimum Gasteiger partial charge on any atom is -0.464 e. The maximum atomic E-state index is 12.4. The number of esters is 1. The number of likely N-dealkylation sites (tertiary alicyclic amines) is 1. The molecule has 0 amide bonds. The van der Waals surface area contributed by atoms with Crippen molar-refractivity contribution in [3.05, 3.63) is 46.6 Å². The first-order chi connectivity index (χ1) is 16.3. The molecular formula is C30H41NO2. The van der Waals surface area contributed by atoms with E-state index in [0.717, 1.165) is 43.2 Å². The zero-order chi connectivity index (χ0) is 22.2. The zero-order valence-corrected chi connectivity index (χ0v) is 20.3. The molecule has 0 bridgehead atoms. The molecule has 0 radical (unpaired) electrons. The number of ether oxygens (including phenoxy) is 1. The van der Waals surface area contributed by atoms with E-state index in [2.05, 4.69) is 29.2 Å². The minimum absolute atomic E-state index is 0.00989. The summed E-state index contributed by atoms with van der Waals surface area (Å²) in [7, 11) is 0. The summed E-state index contributed by atoms with van der Waals surface area (Å²) in [6, 6.07) is 0. The normalized spacial score (nSPS) is 36.1. The van der Waals surface area contributed by atoms with Crippen molar-refractivity contribution in [2.45, 2.75) is 77.0 Å². The molecular weight excluding hydrogens is 406 g/mol. The Morgan fingerprint density at radius 2 is 1.58 bits per heavy atom. The summed E-state index contributed by atoms with van der Waals surface area (Å²) < 4.78 is 5.81. The van der Waals surface area contributed by atoms with Crippen molar-refractivity contribution in [3.8, 4) is 0 Å². The predicted molar refractivity (Wildman–Crippen MR) is 133 cm³/mol. The van der Waals surface area contributed by atoms with Crippen LogP contribution in [0.1, 0.15) is 77.0 Å². The smallest absolute Gasteiger partial charge is 0.320 e. The van der Waals surface area contributed by atoms with Crippen LogP contribution >= 0.6 is 0 Å². The van der Waals surface area contributed by atoms with E-state index in [9.17, 15) is 4.79 Å². The van der Waals surface area contributed by atoms with Gasteiger partial charge < -0.3 is 4.74 Å². The third-order valence-electron chi connectivity index (χ3n) is 9.71. The molecule has 1 saturated carbocycles. The lowest BCUT2D eigenvalue weighted by Crippen LogP contribution is -2.36. The molecule has 178 valence electrons. The van der Waals surface area contributed by atoms with Crippen molar-refractivity contribution in [2.75, 3.05) is 26.2 Å². The monoisotopic (exact) mass is 447 g/mol. The van der Waals surface area contributed by atoms with E-state index < -0.39 is 0 Å². The molecule has 6 aliphatic rings. The van der Waals surface area contributed by atoms with Gasteiger partial charge in [-0.1, -0.05) is 36.3 Å². The first-order valence-corrected chi connectivity index (χ1v) is 14.0. The average molecular weight is 448 g/mol. The summed E-state index contributed by atoms with van der Waals surface area (Å²) >= 11 is 0. The van der Waals surface area contributed by atoms with Gasteiger partial charge in [-0.25, -0.2) is 0 Å². The van der Waals surface area contributed by atoms with Gasteiger partial charge in [0.15, 0.2) is 0 Å². The second-order valence-corrected chi connectivity index (χ2v) is 11.6. The number of rotatable bonds is 4. The fourth-order valence-electron chi connectivity index (χ4n) is 7.98. The van der Waals surface area contributed by atoms with Crippen molar-refractivity contribution in [2.24, 2.45) is 29.6 Å². The maximum Gasteiger partial charge on any atom is 0.320 e. The van der Waals surface area contributed by atoms with Crippen LogP contribution in [-0.2, 0) is 9.53 Å². The Morgan fingerprint density at radius 1 is 0.818 bits per heavy atom. The molecule has 1 heterocycles. The van der Waals surface area contributed by atoms with Gasteiger partial charge >= 0.3 is 5.97 Å². The van der Waals surface area contributed by atoms with E-state index in [1.54, 1.807) is 22.3 Å². The van der Waals surface area contributed by atoms with Crippen LogP contribution in [0.25, 0.3) is 0 Å². The predicted octanol–water partition coefficient (Wildman–Crippen LogP) is 6.38. The highest BCUT2D eigenvalue weighted by molar-refractivity contribution is 5.71. The molecule has 6 rings (SSSR count). The quantitative estimate of drug-likeness (QED) is 0.468. The Kier molecular flexibility index (Phi) is 6.34. The van der Waals surface area contributed by atoms with Crippen molar-refractivity contribution in [3.63, 3.8) is 0 Å². The Balaban J connectivity index is 1.15. The van der Waals surface area contributed by atoms with E-state index in [4.69, 9.17) is 4.74 Å². The van der Waals surface area contributed by atoms with Gasteiger partial charge in [-0.2, -0.15) is 0 Å². The maximum absolute atomic E-state index is 12.4. The van der Waals surface area contributed by atoms with Crippen molar-refractivity contribution in [1.82, 2.24) is 4.90 Å². The summed E-state index contributed by atoms with van der Waals surface area (Å²) in [5, 5.41) is 0. The molecule has 3 heteroatoms. The molecule has 0 spiro atoms. The molecule has 33 heavy (non-hydrogen) atoms. The molecule has 2 fully saturated rings. The molecule has 0 N–H and O–H groups in total. The molecule has 3 nitrogen and oxygen atoms in total. The van der Waals surface area contributed by atoms with Crippen LogP contribution in [0.3, 0.4) is 0 Å². The number of carbonyl (C=O) groups is 1. The van der Waals surface area contributed by atoms with Gasteiger partial charge in [-0.15, -0.1) is 0 Å². The number of hydrogen-bond donors (Lipinski definition) is 0. The second kappa shape index (κ2) is 9.56. The second-order valence-electron chi connectivity index (χ2n) is 11.6. The summed E-state index contributed by atoms with van der Waals surface area (Å²) in [6.45, 7) is 3.22. The van der Waals surface area contributed by atoms with Crippen molar-refractivity contribution in [1.29, 1.82) is 0 Å². The van der Waals surface area contributed by atoms with Crippen LogP contribution in [-0.4, -0.2) is 37.1 Å². The highest BCUT2D eigenvalue weighted by Crippen LogP contribution is 2.54. The van der Waals surface area contributed by atoms with Crippen LogP contribution in [0, 0.1) is 29.6 Å². The van der Waals surface area contributed by atoms with E-state index in [1.807, 2.05) is 0 Å². The third-order valence-corrected chi connectivity index (χ3v) is 9.71. The van der Waals surface area contributed by atoms with Crippen molar-refractivity contribution >= 4 is 5.97 Å². The van der Waals surface area contributed by atoms with Gasteiger partial charge in [0, 0.05) is 0 Å². The minimum atomic E-state index is -0.00989. The first kappa shape index (κ1) is 21.9. The topological polar surface area (TPSA) is 29.5 Å². The number of nitrogens with zero attached hydrogens (tertiary/aromatic N) is 1. The Labute approximate surface area is 200 Å². The number of piperidine rings is 1. The van der Waals surface area contributed by atoms with E-state index in [1.165, 1.54) is 70.6 Å². The summed E-state index contributed by atoms with van der Waals surface area (Å²) in [5.41, 5.74) is 6.76. The molecule has 0 aromatic rings. The lowest BCUT2D eigenvalue weighted by atomic mass is 9.59. The third kappa shape index (κ3) is 4.43. The molecule has 0 aromatic carbocycles. The van der Waals surface area contributed by atoms with Gasteiger partial charge in [0.2, 0.25) is 0 Å². The lowest BCUT2D eigenvalue weighted by molar-refractivity contribution is -0.146. The van der Waals surface area contributed by atoms with Crippen LogP contribution in [0.5, 0.6) is 0 Å². The van der Waals surface area contributed by atoms with E-state index in [-0.39, 0.29) is 5.97 Å². The summed E-state index contributed by atoms with van der Waals surface area (Å²) in [6.07, 6.45) is 25.4. The van der Waals surface area contributed by atoms with Crippen LogP contribution < -0.4 is 0 Å². The molecule has 1 aliphatic heterocycles. The van der Waals surface area contributed by atoms with E-state index in [0.29, 0.717) is 19.1 Å². The lowest BCUT2D eigenvalue weighted by Gasteiger charge is -2.46. The first-order valence-electron chi connectivity index (χ1n) is 14.0. The number of carbonyl (C=O) groups excluding carboxylic acids is 1. The van der Waals surface area contributed by atoms with Crippen LogP contribution in [0.2, 0.25) is 0 Å². The SMILES string of the molecule is O=C(CN1CCCCC1)OCC1CCC2CCC3C(=C2C1)C=CC1=C2C=CCCC2CCC13. The number of hydrogen-bond acceptors (Lipinski definition) is 3. The molecule has 5 unspecified atom stereocenters. The molecule has 5 aliphatic carbocycles. The van der Waals surface area contributed by atoms with Crippen molar-refractivity contribution < 1.29 is 9.53 Å². The molecule has 1 saturated heterocycles.